The molecule has 0 aromatic carbocycles. The quantitative estimate of drug-likeness (QED) is 0.877. The lowest BCUT2D eigenvalue weighted by Gasteiger charge is -2.30. The predicted octanol–water partition coefficient (Wildman–Crippen LogP) is 2.34. The molecule has 142 valence electrons. The molecular formula is C20H30N4O2. The van der Waals surface area contributed by atoms with Crippen LogP contribution in [0.2, 0.25) is 0 Å². The molecule has 6 heteroatoms. The second kappa shape index (κ2) is 8.52. The van der Waals surface area contributed by atoms with Gasteiger partial charge in [0.05, 0.1) is 0 Å². The molecule has 0 spiro atoms. The van der Waals surface area contributed by atoms with Gasteiger partial charge in [0.1, 0.15) is 11.9 Å². The van der Waals surface area contributed by atoms with E-state index in [9.17, 15) is 9.59 Å². The van der Waals surface area contributed by atoms with Gasteiger partial charge in [-0.3, -0.25) is 9.59 Å². The zero-order chi connectivity index (χ0) is 18.5. The Labute approximate surface area is 156 Å². The lowest BCUT2D eigenvalue weighted by Crippen LogP contribution is -2.48. The summed E-state index contributed by atoms with van der Waals surface area (Å²) in [5, 5.41) is 3.02. The van der Waals surface area contributed by atoms with Gasteiger partial charge in [-0.1, -0.05) is 19.3 Å². The average Bonchev–Trinajstić information content (AvgIpc) is 3.16. The third-order valence-corrected chi connectivity index (χ3v) is 5.53. The number of nitrogens with one attached hydrogen (secondary N) is 1. The summed E-state index contributed by atoms with van der Waals surface area (Å²) in [5.74, 6) is 1.16. The number of likely N-dealkylation sites (tertiary alicyclic amines) is 1. The summed E-state index contributed by atoms with van der Waals surface area (Å²) in [5.41, 5.74) is 1.01. The van der Waals surface area contributed by atoms with E-state index in [-0.39, 0.29) is 23.8 Å². The molecule has 0 bridgehead atoms. The van der Waals surface area contributed by atoms with Crippen molar-refractivity contribution in [3.63, 3.8) is 0 Å². The number of amides is 2. The van der Waals surface area contributed by atoms with Gasteiger partial charge in [-0.25, -0.2) is 4.98 Å². The zero-order valence-corrected chi connectivity index (χ0v) is 15.9. The highest BCUT2D eigenvalue weighted by molar-refractivity contribution is 5.89. The fourth-order valence-electron chi connectivity index (χ4n) is 4.01. The Balaban J connectivity index is 1.58. The van der Waals surface area contributed by atoms with Crippen molar-refractivity contribution in [1.82, 2.24) is 15.2 Å². The van der Waals surface area contributed by atoms with Crippen LogP contribution in [0.1, 0.15) is 50.5 Å². The van der Waals surface area contributed by atoms with E-state index in [0.717, 1.165) is 49.9 Å². The van der Waals surface area contributed by atoms with E-state index in [1.54, 1.807) is 6.20 Å². The first-order chi connectivity index (χ1) is 12.6. The first kappa shape index (κ1) is 18.7. The summed E-state index contributed by atoms with van der Waals surface area (Å²) < 4.78 is 0. The first-order valence-electron chi connectivity index (χ1n) is 9.76. The molecule has 3 rings (SSSR count). The van der Waals surface area contributed by atoms with E-state index < -0.39 is 0 Å². The molecule has 2 amide bonds. The number of nitrogens with zero attached hydrogens (tertiary/aromatic N) is 3. The minimum Gasteiger partial charge on any atom is -0.363 e. The molecule has 1 aliphatic carbocycles. The molecule has 1 aromatic rings. The van der Waals surface area contributed by atoms with Crippen molar-refractivity contribution in [3.05, 3.63) is 23.9 Å². The van der Waals surface area contributed by atoms with E-state index in [1.165, 1.54) is 6.42 Å². The molecule has 1 saturated carbocycles. The van der Waals surface area contributed by atoms with Gasteiger partial charge in [0, 0.05) is 39.3 Å². The molecular weight excluding hydrogens is 328 g/mol. The second-order valence-corrected chi connectivity index (χ2v) is 7.66. The molecule has 1 N–H and O–H groups in total. The monoisotopic (exact) mass is 358 g/mol. The number of hydrogen-bond donors (Lipinski definition) is 1. The molecule has 1 saturated heterocycles. The number of aromatic nitrogens is 1. The fraction of sp³-hybridized carbons (Fsp3) is 0.650. The molecule has 1 aliphatic heterocycles. The zero-order valence-electron chi connectivity index (χ0n) is 15.9. The van der Waals surface area contributed by atoms with Crippen LogP contribution in [0.25, 0.3) is 0 Å². The van der Waals surface area contributed by atoms with E-state index in [1.807, 2.05) is 36.0 Å². The van der Waals surface area contributed by atoms with Gasteiger partial charge in [-0.05, 0) is 43.4 Å². The molecule has 1 aromatic heterocycles. The van der Waals surface area contributed by atoms with Crippen LogP contribution in [-0.2, 0) is 16.1 Å². The van der Waals surface area contributed by atoms with Crippen molar-refractivity contribution in [1.29, 1.82) is 0 Å². The minimum atomic E-state index is -0.306. The SMILES string of the molecule is CN(C)c1cc(CNC(=O)C2CCCN2C(=O)C2CCCCC2)ccn1. The second-order valence-electron chi connectivity index (χ2n) is 7.66. The third kappa shape index (κ3) is 4.34. The van der Waals surface area contributed by atoms with Gasteiger partial charge in [0.15, 0.2) is 0 Å². The first-order valence-corrected chi connectivity index (χ1v) is 9.76. The third-order valence-electron chi connectivity index (χ3n) is 5.53. The number of carbonyl (C=O) groups excluding carboxylic acids is 2. The largest absolute Gasteiger partial charge is 0.363 e. The highest BCUT2D eigenvalue weighted by Crippen LogP contribution is 2.28. The molecule has 6 nitrogen and oxygen atoms in total. The molecule has 0 radical (unpaired) electrons. The molecule has 26 heavy (non-hydrogen) atoms. The summed E-state index contributed by atoms with van der Waals surface area (Å²) in [6.07, 6.45) is 8.90. The van der Waals surface area contributed by atoms with E-state index in [0.29, 0.717) is 13.1 Å². The maximum Gasteiger partial charge on any atom is 0.243 e. The Morgan fingerprint density at radius 2 is 1.96 bits per heavy atom. The maximum atomic E-state index is 12.8. The van der Waals surface area contributed by atoms with Crippen molar-refractivity contribution < 1.29 is 9.59 Å². The topological polar surface area (TPSA) is 65.5 Å². The summed E-state index contributed by atoms with van der Waals surface area (Å²) in [6, 6.07) is 3.58. The van der Waals surface area contributed by atoms with Gasteiger partial charge in [0.25, 0.3) is 0 Å². The normalized spacial score (nSPS) is 20.8. The van der Waals surface area contributed by atoms with Crippen LogP contribution in [0.15, 0.2) is 18.3 Å². The molecule has 2 heterocycles. The Hall–Kier alpha value is -2.11. The Morgan fingerprint density at radius 1 is 1.19 bits per heavy atom. The Morgan fingerprint density at radius 3 is 2.69 bits per heavy atom. The highest BCUT2D eigenvalue weighted by Gasteiger charge is 2.37. The molecule has 1 atom stereocenters. The molecule has 2 aliphatic rings. The van der Waals surface area contributed by atoms with Crippen molar-refractivity contribution in [2.45, 2.75) is 57.5 Å². The Bertz CT molecular complexity index is 640. The van der Waals surface area contributed by atoms with E-state index in [4.69, 9.17) is 0 Å². The average molecular weight is 358 g/mol. The molecule has 2 fully saturated rings. The van der Waals surface area contributed by atoms with Crippen LogP contribution in [0.3, 0.4) is 0 Å². The van der Waals surface area contributed by atoms with Crippen LogP contribution in [0.5, 0.6) is 0 Å². The van der Waals surface area contributed by atoms with E-state index in [2.05, 4.69) is 10.3 Å². The fourth-order valence-corrected chi connectivity index (χ4v) is 4.01. The van der Waals surface area contributed by atoms with Gasteiger partial charge in [0.2, 0.25) is 11.8 Å². The van der Waals surface area contributed by atoms with Crippen LogP contribution in [0, 0.1) is 5.92 Å². The number of hydrogen-bond acceptors (Lipinski definition) is 4. The van der Waals surface area contributed by atoms with Crippen molar-refractivity contribution in [2.75, 3.05) is 25.5 Å². The van der Waals surface area contributed by atoms with E-state index >= 15 is 0 Å². The predicted molar refractivity (Wildman–Crippen MR) is 102 cm³/mol. The smallest absolute Gasteiger partial charge is 0.243 e. The van der Waals surface area contributed by atoms with Gasteiger partial charge >= 0.3 is 0 Å². The van der Waals surface area contributed by atoms with Gasteiger partial charge in [-0.15, -0.1) is 0 Å². The van der Waals surface area contributed by atoms with Gasteiger partial charge < -0.3 is 15.1 Å². The Kier molecular flexibility index (Phi) is 6.12. The van der Waals surface area contributed by atoms with Crippen LogP contribution >= 0.6 is 0 Å². The number of pyridine rings is 1. The summed E-state index contributed by atoms with van der Waals surface area (Å²) in [4.78, 5) is 33.6. The number of rotatable bonds is 5. The highest BCUT2D eigenvalue weighted by atomic mass is 16.2. The van der Waals surface area contributed by atoms with Crippen molar-refractivity contribution >= 4 is 17.6 Å². The standard InChI is InChI=1S/C20H30N4O2/c1-23(2)18-13-15(10-11-21-18)14-22-19(25)17-9-6-12-24(17)20(26)16-7-4-3-5-8-16/h10-11,13,16-17H,3-9,12,14H2,1-2H3,(H,22,25). The number of anilines is 1. The molecule has 1 unspecified atom stereocenters. The maximum absolute atomic E-state index is 12.8. The van der Waals surface area contributed by atoms with Crippen molar-refractivity contribution in [2.24, 2.45) is 5.92 Å². The number of carbonyl (C=O) groups is 2. The lowest BCUT2D eigenvalue weighted by atomic mass is 9.88. The summed E-state index contributed by atoms with van der Waals surface area (Å²) >= 11 is 0. The van der Waals surface area contributed by atoms with Crippen molar-refractivity contribution in [3.8, 4) is 0 Å². The minimum absolute atomic E-state index is 0.0325. The lowest BCUT2D eigenvalue weighted by molar-refractivity contribution is -0.142. The van der Waals surface area contributed by atoms with Crippen LogP contribution < -0.4 is 10.2 Å². The van der Waals surface area contributed by atoms with Gasteiger partial charge in [-0.2, -0.15) is 0 Å². The summed E-state index contributed by atoms with van der Waals surface area (Å²) in [6.45, 7) is 1.18. The summed E-state index contributed by atoms with van der Waals surface area (Å²) in [7, 11) is 3.88. The van der Waals surface area contributed by atoms with Crippen LogP contribution in [0.4, 0.5) is 5.82 Å². The van der Waals surface area contributed by atoms with Crippen LogP contribution in [-0.4, -0.2) is 48.4 Å².